The Bertz CT molecular complexity index is 883. The maximum atomic E-state index is 13.4. The first kappa shape index (κ1) is 22.0. The number of pyridine rings is 1. The summed E-state index contributed by atoms with van der Waals surface area (Å²) in [5, 5.41) is 9.72. The Morgan fingerprint density at radius 2 is 1.97 bits per heavy atom. The van der Waals surface area contributed by atoms with Gasteiger partial charge in [0.25, 0.3) is 5.91 Å². The van der Waals surface area contributed by atoms with Crippen molar-refractivity contribution in [2.75, 3.05) is 33.8 Å². The van der Waals surface area contributed by atoms with Crippen LogP contribution in [0.25, 0.3) is 12.2 Å². The van der Waals surface area contributed by atoms with Crippen LogP contribution in [0, 0.1) is 5.92 Å². The number of aliphatic hydroxyl groups is 1. The molecular formula is C24H31N3O3. The fourth-order valence-electron chi connectivity index (χ4n) is 3.54. The number of hydrogen-bond donors (Lipinski definition) is 1. The highest BCUT2D eigenvalue weighted by molar-refractivity contribution is 5.97. The summed E-state index contributed by atoms with van der Waals surface area (Å²) >= 11 is 0. The molecule has 0 bridgehead atoms. The highest BCUT2D eigenvalue weighted by atomic mass is 16.5. The van der Waals surface area contributed by atoms with Crippen molar-refractivity contribution in [2.45, 2.75) is 26.0 Å². The molecule has 1 aromatic heterocycles. The third kappa shape index (κ3) is 5.26. The van der Waals surface area contributed by atoms with Crippen LogP contribution < -0.4 is 4.74 Å². The summed E-state index contributed by atoms with van der Waals surface area (Å²) in [6, 6.07) is 11.5. The molecule has 30 heavy (non-hydrogen) atoms. The number of fused-ring (bicyclic) bond motifs is 1. The van der Waals surface area contributed by atoms with Gasteiger partial charge in [-0.05, 0) is 38.2 Å². The molecule has 2 heterocycles. The molecule has 6 nitrogen and oxygen atoms in total. The lowest BCUT2D eigenvalue weighted by atomic mass is 10.00. The summed E-state index contributed by atoms with van der Waals surface area (Å²) in [6.45, 7) is 5.07. The van der Waals surface area contributed by atoms with Gasteiger partial charge >= 0.3 is 0 Å². The summed E-state index contributed by atoms with van der Waals surface area (Å²) in [5.74, 6) is 0.285. The minimum atomic E-state index is -0.283. The van der Waals surface area contributed by atoms with Crippen molar-refractivity contribution in [1.82, 2.24) is 14.8 Å². The van der Waals surface area contributed by atoms with Gasteiger partial charge in [0.15, 0.2) is 0 Å². The SMILES string of the molecule is C[C@H](CO)N1C[C@H](C)[C@H](CN(C)C)Oc2ncc(/C=C/c3ccccc3)cc2C1=O. The van der Waals surface area contributed by atoms with E-state index in [1.165, 1.54) is 0 Å². The molecule has 0 saturated carbocycles. The third-order valence-corrected chi connectivity index (χ3v) is 5.36. The molecule has 0 saturated heterocycles. The Labute approximate surface area is 178 Å². The Morgan fingerprint density at radius 1 is 1.27 bits per heavy atom. The lowest BCUT2D eigenvalue weighted by molar-refractivity contribution is 0.0348. The number of amides is 1. The Kier molecular flexibility index (Phi) is 7.24. The second kappa shape index (κ2) is 9.87. The van der Waals surface area contributed by atoms with Crippen LogP contribution in [0.5, 0.6) is 5.88 Å². The largest absolute Gasteiger partial charge is 0.472 e. The zero-order chi connectivity index (χ0) is 21.7. The van der Waals surface area contributed by atoms with Gasteiger partial charge < -0.3 is 19.6 Å². The predicted molar refractivity (Wildman–Crippen MR) is 119 cm³/mol. The smallest absolute Gasteiger partial charge is 0.259 e. The number of carbonyl (C=O) groups excluding carboxylic acids is 1. The van der Waals surface area contributed by atoms with E-state index in [-0.39, 0.29) is 30.6 Å². The van der Waals surface area contributed by atoms with Gasteiger partial charge in [-0.25, -0.2) is 4.98 Å². The van der Waals surface area contributed by atoms with Crippen LogP contribution in [-0.2, 0) is 0 Å². The average Bonchev–Trinajstić information content (AvgIpc) is 2.74. The molecule has 1 aromatic carbocycles. The molecule has 3 rings (SSSR count). The molecule has 0 spiro atoms. The highest BCUT2D eigenvalue weighted by Crippen LogP contribution is 2.27. The standard InChI is InChI=1S/C24H31N3O3/c1-17-14-27(18(2)16-28)24(29)21-12-20(11-10-19-8-6-5-7-9-19)13-25-23(21)30-22(17)15-26(3)4/h5-13,17-18,22,28H,14-16H2,1-4H3/b11-10+/t17-,18+,22-/m0/s1. The number of nitrogens with zero attached hydrogens (tertiary/aromatic N) is 3. The first-order valence-corrected chi connectivity index (χ1v) is 10.4. The minimum Gasteiger partial charge on any atom is -0.472 e. The zero-order valence-corrected chi connectivity index (χ0v) is 18.2. The lowest BCUT2D eigenvalue weighted by Gasteiger charge is -2.37. The van der Waals surface area contributed by atoms with Gasteiger partial charge in [0.05, 0.1) is 12.6 Å². The van der Waals surface area contributed by atoms with Gasteiger partial charge in [-0.3, -0.25) is 4.79 Å². The van der Waals surface area contributed by atoms with Crippen LogP contribution in [0.2, 0.25) is 0 Å². The van der Waals surface area contributed by atoms with E-state index in [0.29, 0.717) is 24.5 Å². The fourth-order valence-corrected chi connectivity index (χ4v) is 3.54. The Hall–Kier alpha value is -2.70. The topological polar surface area (TPSA) is 65.9 Å². The van der Waals surface area contributed by atoms with E-state index in [1.54, 1.807) is 11.1 Å². The van der Waals surface area contributed by atoms with Crippen LogP contribution in [0.3, 0.4) is 0 Å². The van der Waals surface area contributed by atoms with Crippen molar-refractivity contribution in [3.8, 4) is 5.88 Å². The van der Waals surface area contributed by atoms with Gasteiger partial charge in [0.1, 0.15) is 11.7 Å². The molecule has 1 aliphatic rings. The summed E-state index contributed by atoms with van der Waals surface area (Å²) in [4.78, 5) is 21.7. The number of benzene rings is 1. The fraction of sp³-hybridized carbons (Fsp3) is 0.417. The van der Waals surface area contributed by atoms with E-state index in [0.717, 1.165) is 11.1 Å². The second-order valence-electron chi connectivity index (χ2n) is 8.25. The van der Waals surface area contributed by atoms with Crippen LogP contribution in [0.1, 0.15) is 35.3 Å². The first-order valence-electron chi connectivity index (χ1n) is 10.4. The third-order valence-electron chi connectivity index (χ3n) is 5.36. The predicted octanol–water partition coefficient (Wildman–Crippen LogP) is 3.03. The van der Waals surface area contributed by atoms with Gasteiger partial charge in [0.2, 0.25) is 5.88 Å². The van der Waals surface area contributed by atoms with E-state index < -0.39 is 0 Å². The zero-order valence-electron chi connectivity index (χ0n) is 18.2. The second-order valence-corrected chi connectivity index (χ2v) is 8.25. The number of likely N-dealkylation sites (N-methyl/N-ethyl adjacent to an activating group) is 1. The lowest BCUT2D eigenvalue weighted by Crippen LogP contribution is -2.49. The highest BCUT2D eigenvalue weighted by Gasteiger charge is 2.33. The van der Waals surface area contributed by atoms with Crippen molar-refractivity contribution < 1.29 is 14.6 Å². The van der Waals surface area contributed by atoms with Gasteiger partial charge in [-0.2, -0.15) is 0 Å². The van der Waals surface area contributed by atoms with Crippen molar-refractivity contribution in [3.63, 3.8) is 0 Å². The molecular weight excluding hydrogens is 378 g/mol. The molecule has 0 radical (unpaired) electrons. The summed E-state index contributed by atoms with van der Waals surface area (Å²) in [7, 11) is 4.00. The molecule has 160 valence electrons. The molecule has 6 heteroatoms. The van der Waals surface area contributed by atoms with E-state index in [9.17, 15) is 9.90 Å². The van der Waals surface area contributed by atoms with E-state index in [4.69, 9.17) is 4.74 Å². The normalized spacial score (nSPS) is 20.6. The molecule has 0 aliphatic carbocycles. The number of aromatic nitrogens is 1. The number of aliphatic hydroxyl groups excluding tert-OH is 1. The number of carbonyl (C=O) groups is 1. The molecule has 2 aromatic rings. The summed E-state index contributed by atoms with van der Waals surface area (Å²) < 4.78 is 6.22. The maximum absolute atomic E-state index is 13.4. The molecule has 0 unspecified atom stereocenters. The van der Waals surface area contributed by atoms with Gasteiger partial charge in [-0.1, -0.05) is 49.4 Å². The van der Waals surface area contributed by atoms with Crippen LogP contribution in [-0.4, -0.2) is 71.7 Å². The molecule has 3 atom stereocenters. The molecule has 1 N–H and O–H groups in total. The van der Waals surface area contributed by atoms with Crippen molar-refractivity contribution in [2.24, 2.45) is 5.92 Å². The van der Waals surface area contributed by atoms with Gasteiger partial charge in [0, 0.05) is 25.2 Å². The Morgan fingerprint density at radius 3 is 2.63 bits per heavy atom. The van der Waals surface area contributed by atoms with E-state index in [2.05, 4.69) is 16.8 Å². The van der Waals surface area contributed by atoms with Crippen molar-refractivity contribution >= 4 is 18.1 Å². The van der Waals surface area contributed by atoms with Crippen LogP contribution in [0.15, 0.2) is 42.6 Å². The van der Waals surface area contributed by atoms with Crippen molar-refractivity contribution in [1.29, 1.82) is 0 Å². The number of hydrogen-bond acceptors (Lipinski definition) is 5. The number of rotatable bonds is 6. The van der Waals surface area contributed by atoms with E-state index >= 15 is 0 Å². The first-order chi connectivity index (χ1) is 14.4. The molecule has 1 amide bonds. The maximum Gasteiger partial charge on any atom is 0.259 e. The van der Waals surface area contributed by atoms with Crippen molar-refractivity contribution in [3.05, 3.63) is 59.3 Å². The van der Waals surface area contributed by atoms with Gasteiger partial charge in [-0.15, -0.1) is 0 Å². The number of ether oxygens (including phenoxy) is 1. The van der Waals surface area contributed by atoms with E-state index in [1.807, 2.05) is 69.6 Å². The van der Waals surface area contributed by atoms with Crippen LogP contribution in [0.4, 0.5) is 0 Å². The average molecular weight is 410 g/mol. The Balaban J connectivity index is 1.98. The summed E-state index contributed by atoms with van der Waals surface area (Å²) in [5.41, 5.74) is 2.33. The molecule has 1 aliphatic heterocycles. The summed E-state index contributed by atoms with van der Waals surface area (Å²) in [6.07, 6.45) is 5.54. The van der Waals surface area contributed by atoms with Crippen LogP contribution >= 0.6 is 0 Å². The molecule has 0 fully saturated rings. The quantitative estimate of drug-likeness (QED) is 0.794. The minimum absolute atomic E-state index is 0.0893. The monoisotopic (exact) mass is 409 g/mol.